The van der Waals surface area contributed by atoms with Gasteiger partial charge >= 0.3 is 0 Å². The molecular formula is C17H14ClN3O3S. The summed E-state index contributed by atoms with van der Waals surface area (Å²) in [6.45, 7) is 0. The highest BCUT2D eigenvalue weighted by Gasteiger charge is 2.12. The number of nitrogens with zero attached hydrogens (tertiary/aromatic N) is 3. The van der Waals surface area contributed by atoms with Crippen molar-refractivity contribution < 1.29 is 13.6 Å². The number of benzene rings is 2. The minimum atomic E-state index is -3.26. The normalized spacial score (nSPS) is 11.9. The Morgan fingerprint density at radius 1 is 1.12 bits per heavy atom. The maximum absolute atomic E-state index is 11.6. The molecule has 0 amide bonds. The molecule has 3 rings (SSSR count). The quantitative estimate of drug-likeness (QED) is 0.430. The number of oxime groups is 1. The van der Waals surface area contributed by atoms with Gasteiger partial charge in [-0.1, -0.05) is 28.9 Å². The van der Waals surface area contributed by atoms with Gasteiger partial charge in [0, 0.05) is 28.6 Å². The molecule has 0 saturated carbocycles. The fraction of sp³-hybridized carbons (Fsp3) is 0.0588. The molecule has 0 saturated heterocycles. The van der Waals surface area contributed by atoms with Crippen LogP contribution in [-0.2, 0) is 9.84 Å². The molecule has 0 bridgehead atoms. The summed E-state index contributed by atoms with van der Waals surface area (Å²) in [5, 5.41) is 17.1. The summed E-state index contributed by atoms with van der Waals surface area (Å²) in [5.74, 6) is 0. The molecule has 0 unspecified atom stereocenters. The Kier molecular flexibility index (Phi) is 4.61. The Bertz CT molecular complexity index is 1020. The summed E-state index contributed by atoms with van der Waals surface area (Å²) < 4.78 is 24.7. The predicted molar refractivity (Wildman–Crippen MR) is 96.5 cm³/mol. The number of rotatable bonds is 4. The lowest BCUT2D eigenvalue weighted by atomic mass is 10.1. The van der Waals surface area contributed by atoms with Crippen LogP contribution in [0.4, 0.5) is 0 Å². The third kappa shape index (κ3) is 3.72. The fourth-order valence-electron chi connectivity index (χ4n) is 2.35. The first-order chi connectivity index (χ1) is 11.9. The molecule has 0 fully saturated rings. The van der Waals surface area contributed by atoms with E-state index in [1.54, 1.807) is 35.1 Å². The predicted octanol–water partition coefficient (Wildman–Crippen LogP) is 3.40. The molecule has 25 heavy (non-hydrogen) atoms. The standard InChI is InChI=1S/C17H14ClN3O3S/c1-25(23,24)16-8-6-15(7-9-16)21-11-13(10-19-22)17(20-21)12-2-4-14(18)5-3-12/h2-11,22H,1H3/b19-10+. The summed E-state index contributed by atoms with van der Waals surface area (Å²) in [6, 6.07) is 13.5. The first kappa shape index (κ1) is 17.2. The van der Waals surface area contributed by atoms with Gasteiger partial charge in [-0.2, -0.15) is 5.10 Å². The van der Waals surface area contributed by atoms with Crippen LogP contribution in [0.25, 0.3) is 16.9 Å². The van der Waals surface area contributed by atoms with Crippen molar-refractivity contribution in [1.82, 2.24) is 9.78 Å². The lowest BCUT2D eigenvalue weighted by molar-refractivity contribution is 0.322. The van der Waals surface area contributed by atoms with Gasteiger partial charge in [-0.05, 0) is 36.4 Å². The number of hydrogen-bond donors (Lipinski definition) is 1. The average molecular weight is 376 g/mol. The lowest BCUT2D eigenvalue weighted by Gasteiger charge is -2.03. The first-order valence-electron chi connectivity index (χ1n) is 7.22. The second-order valence-electron chi connectivity index (χ2n) is 5.40. The molecule has 0 aliphatic carbocycles. The molecule has 1 N–H and O–H groups in total. The van der Waals surface area contributed by atoms with Crippen LogP contribution in [0, 0.1) is 0 Å². The van der Waals surface area contributed by atoms with Crippen LogP contribution in [0.1, 0.15) is 5.56 Å². The van der Waals surface area contributed by atoms with Gasteiger partial charge in [0.05, 0.1) is 16.8 Å². The van der Waals surface area contributed by atoms with Crippen molar-refractivity contribution in [2.45, 2.75) is 4.90 Å². The minimum Gasteiger partial charge on any atom is -0.411 e. The maximum atomic E-state index is 11.6. The molecule has 0 aliphatic rings. The van der Waals surface area contributed by atoms with Crippen LogP contribution in [0.3, 0.4) is 0 Å². The van der Waals surface area contributed by atoms with Gasteiger partial charge < -0.3 is 5.21 Å². The highest BCUT2D eigenvalue weighted by molar-refractivity contribution is 7.90. The summed E-state index contributed by atoms with van der Waals surface area (Å²) in [6.07, 6.45) is 4.14. The Hall–Kier alpha value is -2.64. The van der Waals surface area contributed by atoms with E-state index in [1.807, 2.05) is 12.1 Å². The molecule has 0 spiro atoms. The van der Waals surface area contributed by atoms with Gasteiger partial charge in [0.1, 0.15) is 5.69 Å². The Morgan fingerprint density at radius 2 is 1.76 bits per heavy atom. The van der Waals surface area contributed by atoms with Crippen molar-refractivity contribution in [1.29, 1.82) is 0 Å². The summed E-state index contributed by atoms with van der Waals surface area (Å²) >= 11 is 5.91. The third-order valence-electron chi connectivity index (χ3n) is 3.59. The number of halogens is 1. The maximum Gasteiger partial charge on any atom is 0.175 e. The van der Waals surface area contributed by atoms with E-state index >= 15 is 0 Å². The number of sulfone groups is 1. The van der Waals surface area contributed by atoms with Crippen molar-refractivity contribution in [3.63, 3.8) is 0 Å². The SMILES string of the molecule is CS(=O)(=O)c1ccc(-n2cc(/C=N/O)c(-c3ccc(Cl)cc3)n2)cc1. The van der Waals surface area contributed by atoms with E-state index in [0.29, 0.717) is 22.0 Å². The first-order valence-corrected chi connectivity index (χ1v) is 9.49. The van der Waals surface area contributed by atoms with Crippen LogP contribution in [0.15, 0.2) is 64.8 Å². The fourth-order valence-corrected chi connectivity index (χ4v) is 3.11. The zero-order valence-electron chi connectivity index (χ0n) is 13.2. The van der Waals surface area contributed by atoms with E-state index in [0.717, 1.165) is 11.8 Å². The smallest absolute Gasteiger partial charge is 0.175 e. The molecule has 6 nitrogen and oxygen atoms in total. The molecule has 128 valence electrons. The van der Waals surface area contributed by atoms with Crippen molar-refractivity contribution in [2.24, 2.45) is 5.16 Å². The van der Waals surface area contributed by atoms with Crippen molar-refractivity contribution in [2.75, 3.05) is 6.26 Å². The molecule has 1 aromatic heterocycles. The highest BCUT2D eigenvalue weighted by atomic mass is 35.5. The van der Waals surface area contributed by atoms with E-state index in [2.05, 4.69) is 10.3 Å². The van der Waals surface area contributed by atoms with Crippen molar-refractivity contribution in [3.05, 3.63) is 65.3 Å². The molecule has 8 heteroatoms. The van der Waals surface area contributed by atoms with E-state index in [1.165, 1.54) is 18.3 Å². The highest BCUT2D eigenvalue weighted by Crippen LogP contribution is 2.24. The Balaban J connectivity index is 2.06. The number of hydrogen-bond acceptors (Lipinski definition) is 5. The van der Waals surface area contributed by atoms with Crippen LogP contribution < -0.4 is 0 Å². The second kappa shape index (κ2) is 6.70. The molecular weight excluding hydrogens is 362 g/mol. The largest absolute Gasteiger partial charge is 0.411 e. The molecule has 0 aliphatic heterocycles. The van der Waals surface area contributed by atoms with Crippen LogP contribution in [0.5, 0.6) is 0 Å². The van der Waals surface area contributed by atoms with E-state index in [4.69, 9.17) is 16.8 Å². The van der Waals surface area contributed by atoms with Crippen LogP contribution in [-0.4, -0.2) is 35.9 Å². The van der Waals surface area contributed by atoms with E-state index in [9.17, 15) is 8.42 Å². The number of aromatic nitrogens is 2. The van der Waals surface area contributed by atoms with Gasteiger partial charge in [-0.3, -0.25) is 0 Å². The van der Waals surface area contributed by atoms with Crippen molar-refractivity contribution in [3.8, 4) is 16.9 Å². The van der Waals surface area contributed by atoms with Crippen LogP contribution >= 0.6 is 11.6 Å². The van der Waals surface area contributed by atoms with E-state index < -0.39 is 9.84 Å². The molecule has 0 atom stereocenters. The molecule has 1 heterocycles. The van der Waals surface area contributed by atoms with E-state index in [-0.39, 0.29) is 4.90 Å². The van der Waals surface area contributed by atoms with Gasteiger partial charge in [0.2, 0.25) is 0 Å². The van der Waals surface area contributed by atoms with Gasteiger partial charge in [0.15, 0.2) is 9.84 Å². The molecule has 2 aromatic carbocycles. The van der Waals surface area contributed by atoms with Crippen molar-refractivity contribution >= 4 is 27.7 Å². The zero-order valence-corrected chi connectivity index (χ0v) is 14.7. The van der Waals surface area contributed by atoms with Gasteiger partial charge in [0.25, 0.3) is 0 Å². The van der Waals surface area contributed by atoms with Crippen LogP contribution in [0.2, 0.25) is 5.02 Å². The zero-order chi connectivity index (χ0) is 18.0. The minimum absolute atomic E-state index is 0.235. The Labute approximate surface area is 149 Å². The second-order valence-corrected chi connectivity index (χ2v) is 7.85. The summed E-state index contributed by atoms with van der Waals surface area (Å²) in [4.78, 5) is 0.235. The van der Waals surface area contributed by atoms with Gasteiger partial charge in [-0.15, -0.1) is 0 Å². The lowest BCUT2D eigenvalue weighted by Crippen LogP contribution is -1.99. The molecule has 0 radical (unpaired) electrons. The Morgan fingerprint density at radius 3 is 2.32 bits per heavy atom. The summed E-state index contributed by atoms with van der Waals surface area (Å²) in [7, 11) is -3.26. The topological polar surface area (TPSA) is 84.5 Å². The van der Waals surface area contributed by atoms with Gasteiger partial charge in [-0.25, -0.2) is 13.1 Å². The monoisotopic (exact) mass is 375 g/mol. The third-order valence-corrected chi connectivity index (χ3v) is 4.97. The average Bonchev–Trinajstić information content (AvgIpc) is 2.99. The molecule has 3 aromatic rings. The summed E-state index contributed by atoms with van der Waals surface area (Å²) in [5.41, 5.74) is 2.71.